The van der Waals surface area contributed by atoms with Crippen LogP contribution < -0.4 is 0 Å². The van der Waals surface area contributed by atoms with Crippen LogP contribution in [0.15, 0.2) is 24.3 Å². The Kier molecular flexibility index (Phi) is 5.83. The van der Waals surface area contributed by atoms with E-state index in [0.717, 1.165) is 6.42 Å². The molecule has 0 N–H and O–H groups in total. The van der Waals surface area contributed by atoms with Crippen molar-refractivity contribution < 1.29 is 13.2 Å². The number of piperazine rings is 1. The fourth-order valence-electron chi connectivity index (χ4n) is 2.49. The van der Waals surface area contributed by atoms with Gasteiger partial charge in [0.25, 0.3) is 0 Å². The highest BCUT2D eigenvalue weighted by Gasteiger charge is 2.29. The highest BCUT2D eigenvalue weighted by atomic mass is 35.5. The van der Waals surface area contributed by atoms with Gasteiger partial charge in [0.1, 0.15) is 0 Å². The average Bonchev–Trinajstić information content (AvgIpc) is 2.50. The molecular weight excluding hydrogens is 324 g/mol. The van der Waals surface area contributed by atoms with E-state index in [2.05, 4.69) is 0 Å². The lowest BCUT2D eigenvalue weighted by molar-refractivity contribution is -0.132. The summed E-state index contributed by atoms with van der Waals surface area (Å²) in [6.45, 7) is 3.58. The van der Waals surface area contributed by atoms with Crippen LogP contribution in [0.4, 0.5) is 0 Å². The van der Waals surface area contributed by atoms with Crippen molar-refractivity contribution in [3.8, 4) is 0 Å². The van der Waals surface area contributed by atoms with Gasteiger partial charge < -0.3 is 4.90 Å². The number of benzene rings is 1. The lowest BCUT2D eigenvalue weighted by atomic mass is 10.2. The Morgan fingerprint density at radius 1 is 1.18 bits per heavy atom. The normalized spacial score (nSPS) is 16.7. The molecule has 0 spiro atoms. The summed E-state index contributed by atoms with van der Waals surface area (Å²) in [4.78, 5) is 13.6. The fraction of sp³-hybridized carbons (Fsp3) is 0.533. The average molecular weight is 345 g/mol. The Balaban J connectivity index is 1.98. The number of amides is 1. The highest BCUT2D eigenvalue weighted by Crippen LogP contribution is 2.20. The topological polar surface area (TPSA) is 57.7 Å². The first-order valence-corrected chi connectivity index (χ1v) is 9.41. The second-order valence-corrected chi connectivity index (χ2v) is 7.75. The Labute approximate surface area is 136 Å². The van der Waals surface area contributed by atoms with Gasteiger partial charge in [0.2, 0.25) is 15.9 Å². The molecule has 1 fully saturated rings. The van der Waals surface area contributed by atoms with E-state index in [9.17, 15) is 13.2 Å². The summed E-state index contributed by atoms with van der Waals surface area (Å²) in [5.74, 6) is 0.000848. The van der Waals surface area contributed by atoms with Gasteiger partial charge in [-0.25, -0.2) is 8.42 Å². The zero-order valence-corrected chi connectivity index (χ0v) is 14.2. The lowest BCUT2D eigenvalue weighted by Crippen LogP contribution is -2.50. The smallest absolute Gasteiger partial charge is 0.222 e. The molecule has 1 aromatic carbocycles. The zero-order valence-electron chi connectivity index (χ0n) is 12.7. The van der Waals surface area contributed by atoms with Crippen molar-refractivity contribution in [3.63, 3.8) is 0 Å². The van der Waals surface area contributed by atoms with Gasteiger partial charge >= 0.3 is 0 Å². The van der Waals surface area contributed by atoms with Crippen LogP contribution in [0.5, 0.6) is 0 Å². The molecule has 122 valence electrons. The maximum atomic E-state index is 12.5. The van der Waals surface area contributed by atoms with E-state index in [4.69, 9.17) is 11.6 Å². The summed E-state index contributed by atoms with van der Waals surface area (Å²) >= 11 is 6.03. The molecule has 2 rings (SSSR count). The second-order valence-electron chi connectivity index (χ2n) is 5.38. The first-order chi connectivity index (χ1) is 10.4. The number of carbonyl (C=O) groups excluding carboxylic acids is 1. The molecule has 0 atom stereocenters. The van der Waals surface area contributed by atoms with Gasteiger partial charge in [-0.3, -0.25) is 4.79 Å². The van der Waals surface area contributed by atoms with Gasteiger partial charge in [0, 0.05) is 37.6 Å². The lowest BCUT2D eigenvalue weighted by Gasteiger charge is -2.34. The van der Waals surface area contributed by atoms with E-state index in [1.807, 2.05) is 6.92 Å². The molecule has 1 saturated heterocycles. The minimum atomic E-state index is -3.41. The summed E-state index contributed by atoms with van der Waals surface area (Å²) in [6, 6.07) is 6.96. The summed E-state index contributed by atoms with van der Waals surface area (Å²) < 4.78 is 26.4. The van der Waals surface area contributed by atoms with E-state index >= 15 is 0 Å². The van der Waals surface area contributed by atoms with Gasteiger partial charge in [-0.15, -0.1) is 0 Å². The molecule has 1 amide bonds. The van der Waals surface area contributed by atoms with E-state index < -0.39 is 10.0 Å². The number of halogens is 1. The minimum absolute atomic E-state index is 0.102. The number of sulfonamides is 1. The third-order valence-corrected chi connectivity index (χ3v) is 5.94. The molecule has 1 heterocycles. The van der Waals surface area contributed by atoms with Crippen molar-refractivity contribution in [2.75, 3.05) is 26.2 Å². The van der Waals surface area contributed by atoms with Crippen LogP contribution >= 0.6 is 11.6 Å². The van der Waals surface area contributed by atoms with E-state index in [1.54, 1.807) is 29.2 Å². The molecule has 22 heavy (non-hydrogen) atoms. The van der Waals surface area contributed by atoms with Crippen LogP contribution in [-0.4, -0.2) is 49.7 Å². The fourth-order valence-corrected chi connectivity index (χ4v) is 4.32. The van der Waals surface area contributed by atoms with Gasteiger partial charge in [0.15, 0.2) is 0 Å². The predicted molar refractivity (Wildman–Crippen MR) is 87.1 cm³/mol. The molecule has 0 bridgehead atoms. The summed E-state index contributed by atoms with van der Waals surface area (Å²) in [6.07, 6.45) is 1.33. The molecule has 5 nitrogen and oxygen atoms in total. The standard InChI is InChI=1S/C15H21ClN2O3S/c1-2-5-15(19)17-8-10-18(11-9-17)22(20,21)12-13-6-3-4-7-14(13)16/h3-4,6-7H,2,5,8-12H2,1H3. The summed E-state index contributed by atoms with van der Waals surface area (Å²) in [7, 11) is -3.41. The van der Waals surface area contributed by atoms with E-state index in [1.165, 1.54) is 4.31 Å². The van der Waals surface area contributed by atoms with Crippen molar-refractivity contribution in [2.24, 2.45) is 0 Å². The number of hydrogen-bond acceptors (Lipinski definition) is 3. The third kappa shape index (κ3) is 4.21. The molecule has 0 aliphatic carbocycles. The van der Waals surface area contributed by atoms with Crippen molar-refractivity contribution in [1.82, 2.24) is 9.21 Å². The number of carbonyl (C=O) groups is 1. The summed E-state index contributed by atoms with van der Waals surface area (Å²) in [5, 5.41) is 0.461. The molecule has 0 unspecified atom stereocenters. The number of nitrogens with zero attached hydrogens (tertiary/aromatic N) is 2. The second kappa shape index (κ2) is 7.44. The van der Waals surface area contributed by atoms with Crippen LogP contribution in [0, 0.1) is 0 Å². The van der Waals surface area contributed by atoms with Crippen molar-refractivity contribution in [3.05, 3.63) is 34.9 Å². The van der Waals surface area contributed by atoms with Gasteiger partial charge in [0.05, 0.1) is 5.75 Å². The van der Waals surface area contributed by atoms with Crippen molar-refractivity contribution >= 4 is 27.5 Å². The Morgan fingerprint density at radius 3 is 2.41 bits per heavy atom. The molecule has 0 aromatic heterocycles. The molecule has 1 aliphatic heterocycles. The number of hydrogen-bond donors (Lipinski definition) is 0. The first-order valence-electron chi connectivity index (χ1n) is 7.43. The van der Waals surface area contributed by atoms with Crippen LogP contribution in [0.3, 0.4) is 0 Å². The highest BCUT2D eigenvalue weighted by molar-refractivity contribution is 7.88. The molecule has 7 heteroatoms. The van der Waals surface area contributed by atoms with Gasteiger partial charge in [-0.1, -0.05) is 36.7 Å². The quantitative estimate of drug-likeness (QED) is 0.822. The molecular formula is C15H21ClN2O3S. The van der Waals surface area contributed by atoms with Crippen LogP contribution in [0.1, 0.15) is 25.3 Å². The van der Waals surface area contributed by atoms with Crippen LogP contribution in [-0.2, 0) is 20.6 Å². The minimum Gasteiger partial charge on any atom is -0.340 e. The number of rotatable bonds is 5. The van der Waals surface area contributed by atoms with Gasteiger partial charge in [-0.2, -0.15) is 4.31 Å². The third-order valence-electron chi connectivity index (χ3n) is 3.74. The molecule has 1 aromatic rings. The maximum absolute atomic E-state index is 12.5. The largest absolute Gasteiger partial charge is 0.340 e. The molecule has 0 saturated carbocycles. The monoisotopic (exact) mass is 344 g/mol. The van der Waals surface area contributed by atoms with Gasteiger partial charge in [-0.05, 0) is 18.1 Å². The predicted octanol–water partition coefficient (Wildman–Crippen LogP) is 2.11. The maximum Gasteiger partial charge on any atom is 0.222 e. The van der Waals surface area contributed by atoms with Crippen molar-refractivity contribution in [1.29, 1.82) is 0 Å². The SMILES string of the molecule is CCCC(=O)N1CCN(S(=O)(=O)Cc2ccccc2Cl)CC1. The summed E-state index contributed by atoms with van der Waals surface area (Å²) in [5.41, 5.74) is 0.605. The van der Waals surface area contributed by atoms with E-state index in [0.29, 0.717) is 43.2 Å². The molecule has 1 aliphatic rings. The van der Waals surface area contributed by atoms with E-state index in [-0.39, 0.29) is 11.7 Å². The Hall–Kier alpha value is -1.11. The Bertz CT molecular complexity index is 625. The zero-order chi connectivity index (χ0) is 16.2. The molecule has 0 radical (unpaired) electrons. The van der Waals surface area contributed by atoms with Crippen LogP contribution in [0.25, 0.3) is 0 Å². The van der Waals surface area contributed by atoms with Crippen LogP contribution in [0.2, 0.25) is 5.02 Å². The first kappa shape index (κ1) is 17.2. The Morgan fingerprint density at radius 2 is 1.82 bits per heavy atom. The van der Waals surface area contributed by atoms with Crippen molar-refractivity contribution in [2.45, 2.75) is 25.5 Å².